The Balaban J connectivity index is 2.19. The molecule has 1 fully saturated rings. The highest BCUT2D eigenvalue weighted by Crippen LogP contribution is 2.26. The SMILES string of the molecule is C=CCN(C(=O)C[C@@H]1CCC(=O)N1Cc1cccc(F)c1F)[C@H](C(=O)O)C(C)C. The molecule has 0 spiro atoms. The van der Waals surface area contributed by atoms with Crippen molar-refractivity contribution in [1.82, 2.24) is 9.80 Å². The van der Waals surface area contributed by atoms with Crippen molar-refractivity contribution in [2.24, 2.45) is 5.92 Å². The van der Waals surface area contributed by atoms with Gasteiger partial charge >= 0.3 is 5.97 Å². The molecule has 1 aromatic rings. The van der Waals surface area contributed by atoms with E-state index in [1.807, 2.05) is 0 Å². The van der Waals surface area contributed by atoms with Crippen LogP contribution in [0.25, 0.3) is 0 Å². The molecule has 1 aliphatic rings. The van der Waals surface area contributed by atoms with Crippen LogP contribution in [0.15, 0.2) is 30.9 Å². The molecule has 0 unspecified atom stereocenters. The molecule has 158 valence electrons. The molecule has 1 aliphatic heterocycles. The van der Waals surface area contributed by atoms with E-state index in [2.05, 4.69) is 6.58 Å². The Kier molecular flexibility index (Phi) is 7.47. The van der Waals surface area contributed by atoms with Crippen molar-refractivity contribution < 1.29 is 28.3 Å². The van der Waals surface area contributed by atoms with E-state index < -0.39 is 35.6 Å². The minimum Gasteiger partial charge on any atom is -0.480 e. The first kappa shape index (κ1) is 22.5. The number of carboxylic acids is 1. The predicted octanol–water partition coefficient (Wildman–Crippen LogP) is 2.97. The molecule has 2 rings (SSSR count). The second-order valence-electron chi connectivity index (χ2n) is 7.49. The summed E-state index contributed by atoms with van der Waals surface area (Å²) in [7, 11) is 0. The highest BCUT2D eigenvalue weighted by molar-refractivity contribution is 5.86. The third-order valence-electron chi connectivity index (χ3n) is 5.10. The van der Waals surface area contributed by atoms with Crippen LogP contribution in [0.2, 0.25) is 0 Å². The summed E-state index contributed by atoms with van der Waals surface area (Å²) in [5.41, 5.74) is 0.0336. The number of benzene rings is 1. The fraction of sp³-hybridized carbons (Fsp3) is 0.476. The van der Waals surface area contributed by atoms with Gasteiger partial charge in [0.25, 0.3) is 0 Å². The normalized spacial score (nSPS) is 17.5. The molecule has 1 saturated heterocycles. The summed E-state index contributed by atoms with van der Waals surface area (Å²) >= 11 is 0. The summed E-state index contributed by atoms with van der Waals surface area (Å²) in [6, 6.07) is 2.22. The van der Waals surface area contributed by atoms with Gasteiger partial charge in [-0.1, -0.05) is 32.1 Å². The van der Waals surface area contributed by atoms with E-state index in [-0.39, 0.29) is 43.3 Å². The first-order chi connectivity index (χ1) is 13.7. The first-order valence-corrected chi connectivity index (χ1v) is 9.52. The van der Waals surface area contributed by atoms with Crippen molar-refractivity contribution in [3.63, 3.8) is 0 Å². The van der Waals surface area contributed by atoms with Gasteiger partial charge in [0.05, 0.1) is 0 Å². The third-order valence-corrected chi connectivity index (χ3v) is 5.10. The van der Waals surface area contributed by atoms with Crippen molar-refractivity contribution in [3.05, 3.63) is 48.1 Å². The maximum absolute atomic E-state index is 14.0. The average Bonchev–Trinajstić information content (AvgIpc) is 2.97. The summed E-state index contributed by atoms with van der Waals surface area (Å²) in [5, 5.41) is 9.53. The van der Waals surface area contributed by atoms with Gasteiger partial charge in [-0.15, -0.1) is 6.58 Å². The van der Waals surface area contributed by atoms with Gasteiger partial charge in [-0.05, 0) is 18.4 Å². The van der Waals surface area contributed by atoms with Gasteiger partial charge in [0.2, 0.25) is 11.8 Å². The number of carboxylic acid groups (broad SMARTS) is 1. The quantitative estimate of drug-likeness (QED) is 0.638. The van der Waals surface area contributed by atoms with Gasteiger partial charge < -0.3 is 14.9 Å². The maximum Gasteiger partial charge on any atom is 0.326 e. The maximum atomic E-state index is 14.0. The number of likely N-dealkylation sites (tertiary alicyclic amines) is 1. The fourth-order valence-electron chi connectivity index (χ4n) is 3.68. The van der Waals surface area contributed by atoms with E-state index in [1.165, 1.54) is 28.0 Å². The summed E-state index contributed by atoms with van der Waals surface area (Å²) in [6.07, 6.45) is 1.95. The van der Waals surface area contributed by atoms with Gasteiger partial charge in [0, 0.05) is 37.5 Å². The molecule has 2 atom stereocenters. The average molecular weight is 408 g/mol. The molecule has 1 heterocycles. The van der Waals surface area contributed by atoms with E-state index in [4.69, 9.17) is 0 Å². The van der Waals surface area contributed by atoms with Gasteiger partial charge in [0.1, 0.15) is 6.04 Å². The first-order valence-electron chi connectivity index (χ1n) is 9.52. The van der Waals surface area contributed by atoms with Crippen LogP contribution >= 0.6 is 0 Å². The van der Waals surface area contributed by atoms with E-state index in [0.29, 0.717) is 6.42 Å². The Morgan fingerprint density at radius 3 is 2.66 bits per heavy atom. The number of hydrogen-bond acceptors (Lipinski definition) is 3. The van der Waals surface area contributed by atoms with E-state index in [0.717, 1.165) is 6.07 Å². The Hall–Kier alpha value is -2.77. The lowest BCUT2D eigenvalue weighted by Gasteiger charge is -2.33. The lowest BCUT2D eigenvalue weighted by Crippen LogP contribution is -2.49. The largest absolute Gasteiger partial charge is 0.480 e. The molecule has 0 radical (unpaired) electrons. The molecule has 0 aromatic heterocycles. The van der Waals surface area contributed by atoms with E-state index in [1.54, 1.807) is 13.8 Å². The zero-order valence-electron chi connectivity index (χ0n) is 16.6. The van der Waals surface area contributed by atoms with Crippen molar-refractivity contribution in [2.75, 3.05) is 6.54 Å². The zero-order valence-corrected chi connectivity index (χ0v) is 16.6. The van der Waals surface area contributed by atoms with E-state index in [9.17, 15) is 28.3 Å². The second kappa shape index (κ2) is 9.62. The number of rotatable bonds is 9. The molecule has 0 bridgehead atoms. The summed E-state index contributed by atoms with van der Waals surface area (Å²) in [4.78, 5) is 39.5. The number of aliphatic carboxylic acids is 1. The van der Waals surface area contributed by atoms with Gasteiger partial charge in [-0.2, -0.15) is 0 Å². The van der Waals surface area contributed by atoms with Crippen LogP contribution in [0.3, 0.4) is 0 Å². The number of amides is 2. The van der Waals surface area contributed by atoms with Gasteiger partial charge in [0.15, 0.2) is 11.6 Å². The van der Waals surface area contributed by atoms with Crippen molar-refractivity contribution >= 4 is 17.8 Å². The van der Waals surface area contributed by atoms with Gasteiger partial charge in [-0.25, -0.2) is 13.6 Å². The van der Waals surface area contributed by atoms with Crippen LogP contribution in [0, 0.1) is 17.6 Å². The molecule has 1 N–H and O–H groups in total. The highest BCUT2D eigenvalue weighted by atomic mass is 19.2. The molecule has 1 aromatic carbocycles. The lowest BCUT2D eigenvalue weighted by molar-refractivity contribution is -0.152. The number of carbonyl (C=O) groups is 3. The molecule has 0 saturated carbocycles. The van der Waals surface area contributed by atoms with Crippen molar-refractivity contribution in [3.8, 4) is 0 Å². The Bertz CT molecular complexity index is 797. The number of carbonyl (C=O) groups excluding carboxylic acids is 2. The summed E-state index contributed by atoms with van der Waals surface area (Å²) < 4.78 is 27.5. The molecular weight excluding hydrogens is 382 g/mol. The van der Waals surface area contributed by atoms with E-state index >= 15 is 0 Å². The zero-order chi connectivity index (χ0) is 21.7. The predicted molar refractivity (Wildman–Crippen MR) is 103 cm³/mol. The number of hydrogen-bond donors (Lipinski definition) is 1. The minimum atomic E-state index is -1.11. The lowest BCUT2D eigenvalue weighted by atomic mass is 10.0. The fourth-order valence-corrected chi connectivity index (χ4v) is 3.68. The van der Waals surface area contributed by atoms with Crippen LogP contribution in [0.4, 0.5) is 8.78 Å². The van der Waals surface area contributed by atoms with Crippen LogP contribution in [0.5, 0.6) is 0 Å². The standard InChI is InChI=1S/C21H26F2N2O4/c1-4-10-24(20(13(2)3)21(28)29)18(27)11-15-8-9-17(26)25(15)12-14-6-5-7-16(22)19(14)23/h4-7,13,15,20H,1,8-12H2,2-3H3,(H,28,29)/t15-,20-/m0/s1. The molecule has 0 aliphatic carbocycles. The van der Waals surface area contributed by atoms with Gasteiger partial charge in [-0.3, -0.25) is 9.59 Å². The van der Waals surface area contributed by atoms with Crippen LogP contribution in [-0.4, -0.2) is 51.3 Å². The second-order valence-corrected chi connectivity index (χ2v) is 7.49. The summed E-state index contributed by atoms with van der Waals surface area (Å²) in [6.45, 7) is 6.92. The Morgan fingerprint density at radius 2 is 2.07 bits per heavy atom. The smallest absolute Gasteiger partial charge is 0.326 e. The number of nitrogens with zero attached hydrogens (tertiary/aromatic N) is 2. The van der Waals surface area contributed by atoms with Crippen LogP contribution in [0.1, 0.15) is 38.7 Å². The third kappa shape index (κ3) is 5.19. The highest BCUT2D eigenvalue weighted by Gasteiger charge is 2.37. The van der Waals surface area contributed by atoms with Crippen molar-refractivity contribution in [1.29, 1.82) is 0 Å². The molecule has 6 nitrogen and oxygen atoms in total. The molecule has 29 heavy (non-hydrogen) atoms. The topological polar surface area (TPSA) is 77.9 Å². The molecule has 8 heteroatoms. The Labute approximate surface area is 168 Å². The number of halogens is 2. The minimum absolute atomic E-state index is 0.0336. The summed E-state index contributed by atoms with van der Waals surface area (Å²) in [5.74, 6) is -4.12. The Morgan fingerprint density at radius 1 is 1.38 bits per heavy atom. The molecular formula is C21H26F2N2O4. The van der Waals surface area contributed by atoms with Crippen molar-refractivity contribution in [2.45, 2.75) is 51.7 Å². The van der Waals surface area contributed by atoms with Crippen LogP contribution in [-0.2, 0) is 20.9 Å². The molecule has 2 amide bonds. The monoisotopic (exact) mass is 408 g/mol. The van der Waals surface area contributed by atoms with Crippen LogP contribution < -0.4 is 0 Å².